The predicted octanol–water partition coefficient (Wildman–Crippen LogP) is 13.2. The molecule has 344 valence electrons. The maximum Gasteiger partial charge on any atom is 0.362 e. The monoisotopic (exact) mass is 849 g/mol. The molecule has 0 saturated carbocycles. The number of nitrogens with zero attached hydrogens (tertiary/aromatic N) is 1. The Morgan fingerprint density at radius 3 is 1.52 bits per heavy atom. The second-order valence-electron chi connectivity index (χ2n) is 16.3. The number of carboxylic acid groups (broad SMARTS) is 1. The first-order valence-electron chi connectivity index (χ1n) is 23.5. The van der Waals surface area contributed by atoms with Gasteiger partial charge in [-0.15, -0.1) is 0 Å². The zero-order valence-electron chi connectivity index (χ0n) is 39.1. The average molecular weight is 849 g/mol. The molecule has 0 aromatic heterocycles. The van der Waals surface area contributed by atoms with Crippen molar-refractivity contribution in [1.82, 2.24) is 0 Å². The Balaban J connectivity index is 4.51. The molecule has 0 rings (SSSR count). The summed E-state index contributed by atoms with van der Waals surface area (Å²) in [5.41, 5.74) is 0. The molecule has 1 N–H and O–H groups in total. The number of rotatable bonds is 40. The Labute approximate surface area is 372 Å². The average Bonchev–Trinajstić information content (AvgIpc) is 3.22. The molecule has 8 nitrogen and oxygen atoms in total. The number of hydrogen-bond donors (Lipinski definition) is 1. The molecule has 0 bridgehead atoms. The van der Waals surface area contributed by atoms with Crippen LogP contribution < -0.4 is 0 Å². The zero-order chi connectivity index (χ0) is 44.9. The molecule has 0 radical (unpaired) electrons. The number of likely N-dealkylation sites (N-methyl/N-ethyl adjacent to an activating group) is 1. The molecule has 0 aliphatic heterocycles. The number of hydrogen-bond acceptors (Lipinski definition) is 6. The van der Waals surface area contributed by atoms with Crippen molar-refractivity contribution in [3.63, 3.8) is 0 Å². The summed E-state index contributed by atoms with van der Waals surface area (Å²) in [5, 5.41) is 9.63. The topological polar surface area (TPSA) is 99.1 Å². The van der Waals surface area contributed by atoms with Gasteiger partial charge in [0.1, 0.15) is 6.61 Å². The van der Waals surface area contributed by atoms with Crippen LogP contribution in [0.15, 0.2) is 109 Å². The lowest BCUT2D eigenvalue weighted by Gasteiger charge is -2.31. The number of carbonyl (C=O) groups excluding carboxylic acids is 2. The van der Waals surface area contributed by atoms with Crippen molar-refractivity contribution in [2.45, 2.75) is 167 Å². The predicted molar refractivity (Wildman–Crippen MR) is 256 cm³/mol. The van der Waals surface area contributed by atoms with E-state index in [-0.39, 0.29) is 36.7 Å². The lowest BCUT2D eigenvalue weighted by molar-refractivity contribution is -0.887. The summed E-state index contributed by atoms with van der Waals surface area (Å²) in [6, 6.07) is -0.638. The van der Waals surface area contributed by atoms with Crippen molar-refractivity contribution in [2.24, 2.45) is 0 Å². The smallest absolute Gasteiger partial charge is 0.362 e. The van der Waals surface area contributed by atoms with Crippen LogP contribution in [0.3, 0.4) is 0 Å². The highest BCUT2D eigenvalue weighted by Gasteiger charge is 2.31. The molecule has 0 aliphatic rings. The molecule has 8 heteroatoms. The van der Waals surface area contributed by atoms with Crippen molar-refractivity contribution in [2.75, 3.05) is 41.0 Å². The Kier molecular flexibility index (Phi) is 39.9. The van der Waals surface area contributed by atoms with Crippen LogP contribution in [0.2, 0.25) is 0 Å². The van der Waals surface area contributed by atoms with Gasteiger partial charge in [-0.1, -0.05) is 168 Å². The van der Waals surface area contributed by atoms with Gasteiger partial charge in [0.15, 0.2) is 12.1 Å². The summed E-state index contributed by atoms with van der Waals surface area (Å²) in [6.45, 7) is 4.48. The molecular formula is C53H86NO7+. The normalized spacial score (nSPS) is 13.9. The van der Waals surface area contributed by atoms with Gasteiger partial charge >= 0.3 is 17.9 Å². The maximum absolute atomic E-state index is 12.7. The molecule has 2 atom stereocenters. The van der Waals surface area contributed by atoms with Gasteiger partial charge in [0.05, 0.1) is 34.4 Å². The van der Waals surface area contributed by atoms with E-state index in [0.717, 1.165) is 83.5 Å². The standard InChI is InChI=1S/C53H85NO7/c1-6-8-10-12-14-16-18-20-22-24-26-28-30-32-34-36-38-40-42-44-52(56)61-49(47-59-46-45-50(53(57)58)54(3,4)5)48-60-51(55)43-41-39-37-35-33-31-29-27-25-23-21-19-17-15-13-11-9-7-2/h8,10,14,16,19-23,25-29,32,34,38,40,49-50H,6-7,9,11-13,15,17-18,24,30-31,33,35-37,39,41-48H2,1-5H3/p+1/b10-8+,16-14+,21-19+,22-20+,25-23+,28-26+,29-27+,34-32+,40-38+. The van der Waals surface area contributed by atoms with E-state index in [1.54, 1.807) is 0 Å². The fraction of sp³-hybridized carbons (Fsp3) is 0.604. The van der Waals surface area contributed by atoms with E-state index in [1.807, 2.05) is 33.3 Å². The van der Waals surface area contributed by atoms with Crippen LogP contribution in [-0.2, 0) is 28.6 Å². The molecule has 61 heavy (non-hydrogen) atoms. The number of carboxylic acids is 1. The summed E-state index contributed by atoms with van der Waals surface area (Å²) < 4.78 is 17.2. The highest BCUT2D eigenvalue weighted by Crippen LogP contribution is 2.12. The number of aliphatic carboxylic acids is 1. The number of ether oxygens (including phenoxy) is 3. The lowest BCUT2D eigenvalue weighted by atomic mass is 10.1. The fourth-order valence-corrected chi connectivity index (χ4v) is 6.12. The molecule has 0 aromatic rings. The van der Waals surface area contributed by atoms with Crippen molar-refractivity contribution in [3.05, 3.63) is 109 Å². The van der Waals surface area contributed by atoms with E-state index in [2.05, 4.69) is 111 Å². The molecule has 0 spiro atoms. The molecule has 0 amide bonds. The molecule has 0 saturated heterocycles. The van der Waals surface area contributed by atoms with Gasteiger partial charge < -0.3 is 23.8 Å². The fourth-order valence-electron chi connectivity index (χ4n) is 6.12. The van der Waals surface area contributed by atoms with Gasteiger partial charge in [0.25, 0.3) is 0 Å². The number of unbranched alkanes of at least 4 members (excludes halogenated alkanes) is 10. The van der Waals surface area contributed by atoms with Crippen LogP contribution >= 0.6 is 0 Å². The van der Waals surface area contributed by atoms with Gasteiger partial charge in [-0.2, -0.15) is 0 Å². The summed E-state index contributed by atoms with van der Waals surface area (Å²) in [6.07, 6.45) is 58.6. The molecule has 0 aliphatic carbocycles. The van der Waals surface area contributed by atoms with E-state index < -0.39 is 24.1 Å². The lowest BCUT2D eigenvalue weighted by Crippen LogP contribution is -2.50. The minimum atomic E-state index is -0.894. The summed E-state index contributed by atoms with van der Waals surface area (Å²) in [7, 11) is 5.48. The number of allylic oxidation sites excluding steroid dienone is 18. The Hall–Kier alpha value is -4.01. The molecule has 0 heterocycles. The summed E-state index contributed by atoms with van der Waals surface area (Å²) in [4.78, 5) is 37.0. The molecule has 0 aromatic carbocycles. The number of esters is 2. The second-order valence-corrected chi connectivity index (χ2v) is 16.3. The van der Waals surface area contributed by atoms with Crippen LogP contribution in [0.25, 0.3) is 0 Å². The zero-order valence-corrected chi connectivity index (χ0v) is 39.1. The third-order valence-electron chi connectivity index (χ3n) is 9.73. The largest absolute Gasteiger partial charge is 0.477 e. The van der Waals surface area contributed by atoms with Crippen molar-refractivity contribution < 1.29 is 38.2 Å². The maximum atomic E-state index is 12.7. The highest BCUT2D eigenvalue weighted by molar-refractivity contribution is 5.72. The van der Waals surface area contributed by atoms with Crippen LogP contribution in [0.1, 0.15) is 155 Å². The van der Waals surface area contributed by atoms with Gasteiger partial charge in [0.2, 0.25) is 0 Å². The number of carbonyl (C=O) groups is 3. The Morgan fingerprint density at radius 2 is 1.02 bits per heavy atom. The van der Waals surface area contributed by atoms with Crippen molar-refractivity contribution >= 4 is 17.9 Å². The number of quaternary nitrogens is 1. The summed E-state index contributed by atoms with van der Waals surface area (Å²) in [5.74, 6) is -1.62. The first-order valence-corrected chi connectivity index (χ1v) is 23.5. The van der Waals surface area contributed by atoms with Gasteiger partial charge in [-0.3, -0.25) is 9.59 Å². The molecule has 2 unspecified atom stereocenters. The Bertz CT molecular complexity index is 1360. The highest BCUT2D eigenvalue weighted by atomic mass is 16.6. The third-order valence-corrected chi connectivity index (χ3v) is 9.73. The van der Waals surface area contributed by atoms with Crippen molar-refractivity contribution in [3.8, 4) is 0 Å². The minimum absolute atomic E-state index is 0.0164. The van der Waals surface area contributed by atoms with E-state index in [0.29, 0.717) is 19.3 Å². The van der Waals surface area contributed by atoms with Crippen LogP contribution in [0, 0.1) is 0 Å². The van der Waals surface area contributed by atoms with E-state index in [1.165, 1.54) is 32.1 Å². The van der Waals surface area contributed by atoms with E-state index in [9.17, 15) is 19.5 Å². The van der Waals surface area contributed by atoms with Gasteiger partial charge in [-0.05, 0) is 77.0 Å². The van der Waals surface area contributed by atoms with Gasteiger partial charge in [-0.25, -0.2) is 4.79 Å². The van der Waals surface area contributed by atoms with Crippen LogP contribution in [-0.4, -0.2) is 80.6 Å². The van der Waals surface area contributed by atoms with Crippen LogP contribution in [0.4, 0.5) is 0 Å². The van der Waals surface area contributed by atoms with E-state index in [4.69, 9.17) is 14.2 Å². The minimum Gasteiger partial charge on any atom is -0.477 e. The SMILES string of the molecule is CC/C=C/C/C=C/C/C=C/C/C=C/C/C=C/C/C=C/CCC(=O)OC(COCCC(C(=O)O)[N+](C)(C)C)COC(=O)CCCCCCC/C=C/C=C/C=C/CCCCCCC. The summed E-state index contributed by atoms with van der Waals surface area (Å²) >= 11 is 0. The van der Waals surface area contributed by atoms with Crippen molar-refractivity contribution in [1.29, 1.82) is 0 Å². The van der Waals surface area contributed by atoms with E-state index >= 15 is 0 Å². The second kappa shape index (κ2) is 42.7. The van der Waals surface area contributed by atoms with Gasteiger partial charge in [0, 0.05) is 19.3 Å². The molecular weight excluding hydrogens is 763 g/mol. The molecule has 0 fully saturated rings. The Morgan fingerprint density at radius 1 is 0.525 bits per heavy atom. The van der Waals surface area contributed by atoms with Crippen LogP contribution in [0.5, 0.6) is 0 Å². The first kappa shape index (κ1) is 57.0. The first-order chi connectivity index (χ1) is 29.6. The quantitative estimate of drug-likeness (QED) is 0.0215. The third kappa shape index (κ3) is 41.1.